The van der Waals surface area contributed by atoms with Gasteiger partial charge in [0.1, 0.15) is 5.76 Å². The van der Waals surface area contributed by atoms with E-state index in [1.165, 1.54) is 29.5 Å². The Morgan fingerprint density at radius 1 is 1.14 bits per heavy atom. The molecule has 2 aromatic heterocycles. The molecule has 8 heteroatoms. The molecule has 2 heterocycles. The number of carbonyl (C=O) groups excluding carboxylic acids is 1. The van der Waals surface area contributed by atoms with Gasteiger partial charge < -0.3 is 4.42 Å². The molecule has 7 nitrogen and oxygen atoms in total. The predicted molar refractivity (Wildman–Crippen MR) is 108 cm³/mol. The summed E-state index contributed by atoms with van der Waals surface area (Å²) in [5.74, 6) is 0.0603. The van der Waals surface area contributed by atoms with Crippen molar-refractivity contribution in [3.05, 3.63) is 75.5 Å². The highest BCUT2D eigenvalue weighted by molar-refractivity contribution is 7.22. The molecule has 1 N–H and O–H groups in total. The van der Waals surface area contributed by atoms with Crippen LogP contribution in [0, 0.1) is 24.0 Å². The monoisotopic (exact) mass is 393 g/mol. The molecule has 0 unspecified atom stereocenters. The lowest BCUT2D eigenvalue weighted by atomic mass is 10.1. The molecule has 4 rings (SSSR count). The number of carbonyl (C=O) groups is 1. The average Bonchev–Trinajstić information content (AvgIpc) is 3.33. The summed E-state index contributed by atoms with van der Waals surface area (Å²) in [4.78, 5) is 27.5. The fraction of sp³-hybridized carbons (Fsp3) is 0.100. The third-order valence-electron chi connectivity index (χ3n) is 4.33. The molecule has 0 spiro atoms. The molecule has 0 saturated carbocycles. The highest BCUT2D eigenvalue weighted by Crippen LogP contribution is 2.31. The normalized spacial score (nSPS) is 10.9. The summed E-state index contributed by atoms with van der Waals surface area (Å²) < 4.78 is 6.64. The van der Waals surface area contributed by atoms with Crippen LogP contribution in [0.2, 0.25) is 0 Å². The summed E-state index contributed by atoms with van der Waals surface area (Å²) in [6.45, 7) is 3.98. The molecule has 1 amide bonds. The predicted octanol–water partition coefficient (Wildman–Crippen LogP) is 5.33. The number of hydrogen-bond donors (Lipinski definition) is 1. The number of aromatic nitrogens is 1. The van der Waals surface area contributed by atoms with Gasteiger partial charge in [0.2, 0.25) is 0 Å². The SMILES string of the molecule is Cc1ccc(C)c2sc(NC(=O)c3ccc(-c4cccc([N+](=O)[O-])c4)o3)nc12. The number of nitro groups is 1. The van der Waals surface area contributed by atoms with E-state index >= 15 is 0 Å². The number of nitrogens with zero attached hydrogens (tertiary/aromatic N) is 2. The number of furan rings is 1. The molecule has 0 saturated heterocycles. The zero-order chi connectivity index (χ0) is 19.8. The lowest BCUT2D eigenvalue weighted by molar-refractivity contribution is -0.384. The third kappa shape index (κ3) is 3.25. The van der Waals surface area contributed by atoms with Crippen LogP contribution in [0.3, 0.4) is 0 Å². The van der Waals surface area contributed by atoms with E-state index < -0.39 is 10.8 Å². The van der Waals surface area contributed by atoms with Gasteiger partial charge in [-0.2, -0.15) is 0 Å². The van der Waals surface area contributed by atoms with Crippen molar-refractivity contribution in [2.75, 3.05) is 5.32 Å². The minimum Gasteiger partial charge on any atom is -0.451 e. The van der Waals surface area contributed by atoms with E-state index in [-0.39, 0.29) is 11.4 Å². The van der Waals surface area contributed by atoms with Crippen LogP contribution in [0.5, 0.6) is 0 Å². The maximum atomic E-state index is 12.5. The van der Waals surface area contributed by atoms with Crippen LogP contribution >= 0.6 is 11.3 Å². The molecule has 28 heavy (non-hydrogen) atoms. The maximum Gasteiger partial charge on any atom is 0.293 e. The topological polar surface area (TPSA) is 98.3 Å². The van der Waals surface area contributed by atoms with Crippen molar-refractivity contribution >= 4 is 38.3 Å². The summed E-state index contributed by atoms with van der Waals surface area (Å²) in [5.41, 5.74) is 3.50. The van der Waals surface area contributed by atoms with Crippen molar-refractivity contribution in [3.8, 4) is 11.3 Å². The number of amides is 1. The number of aryl methyl sites for hydroxylation is 2. The quantitative estimate of drug-likeness (QED) is 0.373. The highest BCUT2D eigenvalue weighted by atomic mass is 32.1. The number of non-ortho nitro benzene ring substituents is 1. The minimum absolute atomic E-state index is 0.0416. The summed E-state index contributed by atoms with van der Waals surface area (Å²) >= 11 is 1.41. The number of rotatable bonds is 4. The van der Waals surface area contributed by atoms with Gasteiger partial charge in [-0.15, -0.1) is 0 Å². The molecule has 0 atom stereocenters. The summed E-state index contributed by atoms with van der Waals surface area (Å²) in [6.07, 6.45) is 0. The zero-order valence-electron chi connectivity index (χ0n) is 15.1. The molecule has 0 aliphatic carbocycles. The second kappa shape index (κ2) is 6.90. The first-order valence-electron chi connectivity index (χ1n) is 8.45. The fourth-order valence-electron chi connectivity index (χ4n) is 2.86. The van der Waals surface area contributed by atoms with Crippen LogP contribution < -0.4 is 5.32 Å². The van der Waals surface area contributed by atoms with E-state index in [1.54, 1.807) is 18.2 Å². The van der Waals surface area contributed by atoms with E-state index in [4.69, 9.17) is 4.42 Å². The van der Waals surface area contributed by atoms with Crippen molar-refractivity contribution in [2.24, 2.45) is 0 Å². The van der Waals surface area contributed by atoms with Crippen LogP contribution in [0.4, 0.5) is 10.8 Å². The number of nitrogens with one attached hydrogen (secondary N) is 1. The molecule has 0 bridgehead atoms. The Morgan fingerprint density at radius 3 is 2.68 bits per heavy atom. The van der Waals surface area contributed by atoms with Crippen LogP contribution in [0.25, 0.3) is 21.5 Å². The van der Waals surface area contributed by atoms with Gasteiger partial charge in [0.05, 0.1) is 15.1 Å². The van der Waals surface area contributed by atoms with Gasteiger partial charge in [-0.3, -0.25) is 20.2 Å². The Hall–Kier alpha value is -3.52. The van der Waals surface area contributed by atoms with Gasteiger partial charge in [-0.25, -0.2) is 4.98 Å². The molecular weight excluding hydrogens is 378 g/mol. The van der Waals surface area contributed by atoms with Gasteiger partial charge in [0.25, 0.3) is 11.6 Å². The Balaban J connectivity index is 1.58. The van der Waals surface area contributed by atoms with Crippen molar-refractivity contribution in [3.63, 3.8) is 0 Å². The van der Waals surface area contributed by atoms with Crippen LogP contribution in [0.1, 0.15) is 21.7 Å². The first-order chi connectivity index (χ1) is 13.4. The molecule has 140 valence electrons. The van der Waals surface area contributed by atoms with E-state index in [2.05, 4.69) is 10.3 Å². The third-order valence-corrected chi connectivity index (χ3v) is 5.44. The number of hydrogen-bond acceptors (Lipinski definition) is 6. The largest absolute Gasteiger partial charge is 0.451 e. The van der Waals surface area contributed by atoms with E-state index in [0.29, 0.717) is 16.5 Å². The lowest BCUT2D eigenvalue weighted by Gasteiger charge is -1.99. The van der Waals surface area contributed by atoms with Gasteiger partial charge >= 0.3 is 0 Å². The van der Waals surface area contributed by atoms with Crippen molar-refractivity contribution in [1.82, 2.24) is 4.98 Å². The number of nitro benzene ring substituents is 1. The Kier molecular flexibility index (Phi) is 4.40. The standard InChI is InChI=1S/C20H15N3O4S/c1-11-6-7-12(2)18-17(11)21-20(28-18)22-19(24)16-9-8-15(27-16)13-4-3-5-14(10-13)23(25)26/h3-10H,1-2H3,(H,21,22,24). The van der Waals surface area contributed by atoms with Crippen molar-refractivity contribution in [1.29, 1.82) is 0 Å². The molecule has 0 radical (unpaired) electrons. The van der Waals surface area contributed by atoms with Gasteiger partial charge in [0.15, 0.2) is 10.9 Å². The van der Waals surface area contributed by atoms with Crippen LogP contribution in [-0.4, -0.2) is 15.8 Å². The smallest absolute Gasteiger partial charge is 0.293 e. The van der Waals surface area contributed by atoms with E-state index in [9.17, 15) is 14.9 Å². The Labute approximate surface area is 163 Å². The number of benzene rings is 2. The summed E-state index contributed by atoms with van der Waals surface area (Å²) in [5, 5.41) is 14.2. The van der Waals surface area contributed by atoms with Crippen molar-refractivity contribution in [2.45, 2.75) is 13.8 Å². The Bertz CT molecular complexity index is 1190. The number of anilines is 1. The van der Waals surface area contributed by atoms with Gasteiger partial charge in [0, 0.05) is 17.7 Å². The first-order valence-corrected chi connectivity index (χ1v) is 9.27. The second-order valence-corrected chi connectivity index (χ2v) is 7.32. The van der Waals surface area contributed by atoms with Crippen LogP contribution in [-0.2, 0) is 0 Å². The number of thiazole rings is 1. The maximum absolute atomic E-state index is 12.5. The second-order valence-electron chi connectivity index (χ2n) is 6.32. The molecular formula is C20H15N3O4S. The fourth-order valence-corrected chi connectivity index (χ4v) is 3.87. The van der Waals surface area contributed by atoms with E-state index in [1.807, 2.05) is 26.0 Å². The molecule has 4 aromatic rings. The first kappa shape index (κ1) is 17.9. The summed E-state index contributed by atoms with van der Waals surface area (Å²) in [6, 6.07) is 13.2. The average molecular weight is 393 g/mol. The minimum atomic E-state index is -0.475. The zero-order valence-corrected chi connectivity index (χ0v) is 15.9. The molecule has 2 aromatic carbocycles. The summed E-state index contributed by atoms with van der Waals surface area (Å²) in [7, 11) is 0. The number of fused-ring (bicyclic) bond motifs is 1. The highest BCUT2D eigenvalue weighted by Gasteiger charge is 2.17. The Morgan fingerprint density at radius 2 is 1.93 bits per heavy atom. The molecule has 0 fully saturated rings. The van der Waals surface area contributed by atoms with E-state index in [0.717, 1.165) is 21.3 Å². The lowest BCUT2D eigenvalue weighted by Crippen LogP contribution is -2.10. The van der Waals surface area contributed by atoms with Crippen LogP contribution in [0.15, 0.2) is 52.9 Å². The molecule has 0 aliphatic heterocycles. The van der Waals surface area contributed by atoms with Gasteiger partial charge in [-0.05, 0) is 37.1 Å². The van der Waals surface area contributed by atoms with Crippen molar-refractivity contribution < 1.29 is 14.1 Å². The molecule has 0 aliphatic rings. The van der Waals surface area contributed by atoms with Gasteiger partial charge in [-0.1, -0.05) is 35.6 Å².